The summed E-state index contributed by atoms with van der Waals surface area (Å²) in [6, 6.07) is 0. The maximum absolute atomic E-state index is 12.8. The topological polar surface area (TPSA) is 18.5 Å². The average molecular weight is 325 g/mol. The first-order valence-electron chi connectivity index (χ1n) is 5.38. The molecule has 0 aliphatic heterocycles. The second-order valence-corrected chi connectivity index (χ2v) is 4.61. The van der Waals surface area contributed by atoms with Gasteiger partial charge in [0.2, 0.25) is 0 Å². The third kappa shape index (κ3) is 7.21. The van der Waals surface area contributed by atoms with Crippen LogP contribution in [0.25, 0.3) is 0 Å². The molecule has 0 bridgehead atoms. The van der Waals surface area contributed by atoms with Crippen LogP contribution in [0.15, 0.2) is 0 Å². The van der Waals surface area contributed by atoms with Crippen molar-refractivity contribution in [1.82, 2.24) is 0 Å². The molecule has 0 aromatic heterocycles. The zero-order valence-corrected chi connectivity index (χ0v) is 11.4. The van der Waals surface area contributed by atoms with Crippen molar-refractivity contribution in [3.05, 3.63) is 0 Å². The Bertz CT molecular complexity index is 209. The first-order valence-corrected chi connectivity index (χ1v) is 6.17. The van der Waals surface area contributed by atoms with E-state index in [2.05, 4.69) is 0 Å². The van der Waals surface area contributed by atoms with Gasteiger partial charge in [-0.05, 0) is 29.3 Å². The first-order chi connectivity index (χ1) is 7.70. The Balaban J connectivity index is 3.76. The van der Waals surface area contributed by atoms with Crippen LogP contribution in [-0.2, 0) is 9.47 Å². The molecule has 0 fully saturated rings. The quantitative estimate of drug-likeness (QED) is 0.274. The molecule has 1 atom stereocenters. The molecule has 0 rings (SSSR count). The van der Waals surface area contributed by atoms with Crippen LogP contribution < -0.4 is 0 Å². The zero-order valence-electron chi connectivity index (χ0n) is 9.82. The first kappa shape index (κ1) is 17.1. The largest absolute Gasteiger partial charge is 0.363 e. The summed E-state index contributed by atoms with van der Waals surface area (Å²) >= 11 is 1.65. The molecule has 0 aromatic rings. The number of hydrogen-bond donors (Lipinski definition) is 0. The van der Waals surface area contributed by atoms with Crippen molar-refractivity contribution in [2.45, 2.75) is 50.2 Å². The van der Waals surface area contributed by atoms with E-state index in [1.807, 2.05) is 6.92 Å². The Hall–Kier alpha value is 0.120. The lowest BCUT2D eigenvalue weighted by molar-refractivity contribution is -0.181. The fourth-order valence-electron chi connectivity index (χ4n) is 0.937. The Kier molecular flexibility index (Phi) is 7.58. The van der Waals surface area contributed by atoms with Gasteiger partial charge in [0.05, 0.1) is 6.61 Å². The number of halogens is 5. The molecular weight excluding hydrogens is 308 g/mol. The van der Waals surface area contributed by atoms with Crippen LogP contribution in [-0.4, -0.2) is 30.3 Å². The van der Waals surface area contributed by atoms with E-state index in [0.717, 1.165) is 12.8 Å². The minimum absolute atomic E-state index is 0.461. The van der Waals surface area contributed by atoms with Gasteiger partial charge in [-0.15, -0.1) is 0 Å². The van der Waals surface area contributed by atoms with Crippen molar-refractivity contribution in [3.63, 3.8) is 0 Å². The maximum atomic E-state index is 12.8. The average Bonchev–Trinajstić information content (AvgIpc) is 2.16. The molecule has 0 heterocycles. The van der Waals surface area contributed by atoms with Crippen LogP contribution in [0, 0.1) is 0 Å². The predicted octanol–water partition coefficient (Wildman–Crippen LogP) is 4.18. The number of rotatable bonds is 9. The fourth-order valence-corrected chi connectivity index (χ4v) is 1.13. The van der Waals surface area contributed by atoms with Gasteiger partial charge in [0.1, 0.15) is 0 Å². The van der Waals surface area contributed by atoms with Crippen LogP contribution in [0.1, 0.15) is 33.1 Å². The molecule has 0 aliphatic carbocycles. The second-order valence-electron chi connectivity index (χ2n) is 3.61. The monoisotopic (exact) mass is 324 g/mol. The molecule has 0 amide bonds. The maximum Gasteiger partial charge on any atom is 0.363 e. The second kappa shape index (κ2) is 7.53. The van der Waals surface area contributed by atoms with Crippen LogP contribution in [0.3, 0.4) is 0 Å². The van der Waals surface area contributed by atoms with Crippen molar-refractivity contribution >= 4 is 15.9 Å². The van der Waals surface area contributed by atoms with Gasteiger partial charge in [-0.3, -0.25) is 0 Å². The van der Waals surface area contributed by atoms with Crippen molar-refractivity contribution < 1.29 is 27.0 Å². The van der Waals surface area contributed by atoms with Crippen molar-refractivity contribution in [1.29, 1.82) is 0 Å². The van der Waals surface area contributed by atoms with Crippen molar-refractivity contribution in [2.75, 3.05) is 13.2 Å². The van der Waals surface area contributed by atoms with E-state index in [1.165, 1.54) is 0 Å². The lowest BCUT2D eigenvalue weighted by atomic mass is 10.2. The third-order valence-corrected chi connectivity index (χ3v) is 2.61. The molecule has 0 aromatic carbocycles. The normalized spacial score (nSPS) is 15.0. The lowest BCUT2D eigenvalue weighted by Crippen LogP contribution is -2.36. The van der Waals surface area contributed by atoms with Gasteiger partial charge < -0.3 is 9.47 Å². The Morgan fingerprint density at radius 1 is 1.12 bits per heavy atom. The smallest absolute Gasteiger partial charge is 0.353 e. The van der Waals surface area contributed by atoms with Gasteiger partial charge in [-0.25, -0.2) is 0 Å². The van der Waals surface area contributed by atoms with Gasteiger partial charge in [0, 0.05) is 13.0 Å². The Labute approximate surface area is 107 Å². The summed E-state index contributed by atoms with van der Waals surface area (Å²) in [6.45, 7) is 3.50. The Morgan fingerprint density at radius 2 is 1.65 bits per heavy atom. The molecule has 0 radical (unpaired) electrons. The number of alkyl halides is 5. The van der Waals surface area contributed by atoms with E-state index in [4.69, 9.17) is 9.47 Å². The summed E-state index contributed by atoms with van der Waals surface area (Å²) in [6.07, 6.45) is 0.0534. The van der Waals surface area contributed by atoms with E-state index in [1.54, 1.807) is 22.9 Å². The summed E-state index contributed by atoms with van der Waals surface area (Å²) in [5.74, 6) is -4.13. The third-order valence-electron chi connectivity index (χ3n) is 2.03. The molecule has 0 saturated heterocycles. The highest BCUT2D eigenvalue weighted by atomic mass is 79.9. The minimum Gasteiger partial charge on any atom is -0.353 e. The lowest BCUT2D eigenvalue weighted by Gasteiger charge is -2.22. The molecule has 104 valence electrons. The predicted molar refractivity (Wildman–Crippen MR) is 59.7 cm³/mol. The van der Waals surface area contributed by atoms with Gasteiger partial charge in [0.25, 0.3) is 0 Å². The summed E-state index contributed by atoms with van der Waals surface area (Å²) in [7, 11) is 0. The van der Waals surface area contributed by atoms with Crippen LogP contribution in [0.4, 0.5) is 17.6 Å². The highest BCUT2D eigenvalue weighted by molar-refractivity contribution is 9.10. The molecule has 7 heteroatoms. The molecule has 0 saturated carbocycles. The van der Waals surface area contributed by atoms with E-state index in [9.17, 15) is 17.6 Å². The summed E-state index contributed by atoms with van der Waals surface area (Å²) < 4.78 is 60.2. The van der Waals surface area contributed by atoms with E-state index in [-0.39, 0.29) is 0 Å². The fraction of sp³-hybridized carbons (Fsp3) is 1.00. The summed E-state index contributed by atoms with van der Waals surface area (Å²) in [4.78, 5) is -4.21. The molecule has 0 aliphatic rings. The van der Waals surface area contributed by atoms with E-state index >= 15 is 0 Å². The summed E-state index contributed by atoms with van der Waals surface area (Å²) in [5, 5.41) is 0. The highest BCUT2D eigenvalue weighted by Crippen LogP contribution is 2.41. The SMILES string of the molecule is CCCCO[C@H](C)OCCC(F)(F)C(F)(F)Br. The van der Waals surface area contributed by atoms with E-state index in [0.29, 0.717) is 6.61 Å². The van der Waals surface area contributed by atoms with Crippen LogP contribution >= 0.6 is 15.9 Å². The number of hydrogen-bond acceptors (Lipinski definition) is 2. The van der Waals surface area contributed by atoms with Gasteiger partial charge in [-0.2, -0.15) is 17.6 Å². The molecule has 17 heavy (non-hydrogen) atoms. The van der Waals surface area contributed by atoms with Crippen LogP contribution in [0.2, 0.25) is 0 Å². The number of ether oxygens (including phenoxy) is 2. The standard InChI is InChI=1S/C10H17BrF4O2/c1-3-4-6-16-8(2)17-7-5-9(12,13)10(11,14)15/h8H,3-7H2,1-2H3/t8-/m0/s1. The Morgan fingerprint density at radius 3 is 2.12 bits per heavy atom. The van der Waals surface area contributed by atoms with Gasteiger partial charge in [-0.1, -0.05) is 13.3 Å². The molecule has 0 N–H and O–H groups in total. The van der Waals surface area contributed by atoms with E-state index < -0.39 is 30.1 Å². The highest BCUT2D eigenvalue weighted by Gasteiger charge is 2.53. The molecule has 0 unspecified atom stereocenters. The zero-order chi connectivity index (χ0) is 13.5. The van der Waals surface area contributed by atoms with Crippen molar-refractivity contribution in [2.24, 2.45) is 0 Å². The minimum atomic E-state index is -4.21. The molecular formula is C10H17BrF4O2. The summed E-state index contributed by atoms with van der Waals surface area (Å²) in [5.41, 5.74) is 0. The van der Waals surface area contributed by atoms with Gasteiger partial charge in [0.15, 0.2) is 6.29 Å². The van der Waals surface area contributed by atoms with Crippen molar-refractivity contribution in [3.8, 4) is 0 Å². The molecule has 0 spiro atoms. The molecule has 2 nitrogen and oxygen atoms in total. The number of unbranched alkanes of at least 4 members (excludes halogenated alkanes) is 1. The van der Waals surface area contributed by atoms with Crippen LogP contribution in [0.5, 0.6) is 0 Å². The van der Waals surface area contributed by atoms with Gasteiger partial charge >= 0.3 is 10.8 Å².